The van der Waals surface area contributed by atoms with Crippen molar-refractivity contribution < 1.29 is 4.79 Å². The molecular formula is C13H12N2OS2. The maximum Gasteiger partial charge on any atom is 0.243 e. The maximum atomic E-state index is 12.5. The van der Waals surface area contributed by atoms with Gasteiger partial charge in [0, 0.05) is 0 Å². The van der Waals surface area contributed by atoms with E-state index in [9.17, 15) is 4.79 Å². The number of thiocarbonyl (C=S) groups is 1. The van der Waals surface area contributed by atoms with Crippen molar-refractivity contribution >= 4 is 40.7 Å². The van der Waals surface area contributed by atoms with Gasteiger partial charge in [0.1, 0.15) is 0 Å². The van der Waals surface area contributed by atoms with Gasteiger partial charge in [0.05, 0.1) is 17.0 Å². The first kappa shape index (κ1) is 11.7. The molecule has 2 heterocycles. The summed E-state index contributed by atoms with van der Waals surface area (Å²) >= 11 is 6.98. The SMILES string of the molecule is CC1=CC2C(=O)N(c3ccccc3)C(=S)NC2S1. The molecule has 1 aromatic rings. The quantitative estimate of drug-likeness (QED) is 0.799. The largest absolute Gasteiger partial charge is 0.349 e. The lowest BCUT2D eigenvalue weighted by Crippen LogP contribution is -2.57. The topological polar surface area (TPSA) is 32.3 Å². The van der Waals surface area contributed by atoms with Gasteiger partial charge in [0.2, 0.25) is 5.91 Å². The van der Waals surface area contributed by atoms with E-state index in [0.717, 1.165) is 5.69 Å². The fraction of sp³-hybridized carbons (Fsp3) is 0.231. The number of allylic oxidation sites excluding steroid dienone is 1. The number of nitrogens with zero attached hydrogens (tertiary/aromatic N) is 1. The summed E-state index contributed by atoms with van der Waals surface area (Å²) < 4.78 is 0. The highest BCUT2D eigenvalue weighted by molar-refractivity contribution is 8.04. The van der Waals surface area contributed by atoms with E-state index in [4.69, 9.17) is 12.2 Å². The van der Waals surface area contributed by atoms with Crippen LogP contribution < -0.4 is 10.2 Å². The van der Waals surface area contributed by atoms with Crippen molar-refractivity contribution in [2.45, 2.75) is 12.3 Å². The van der Waals surface area contributed by atoms with Gasteiger partial charge in [-0.1, -0.05) is 24.3 Å². The fourth-order valence-corrected chi connectivity index (χ4v) is 3.76. The molecule has 0 spiro atoms. The van der Waals surface area contributed by atoms with Crippen LogP contribution in [0.25, 0.3) is 0 Å². The Hall–Kier alpha value is -1.33. The first-order chi connectivity index (χ1) is 8.66. The molecule has 2 unspecified atom stereocenters. The highest BCUT2D eigenvalue weighted by Crippen LogP contribution is 2.38. The zero-order valence-electron chi connectivity index (χ0n) is 9.79. The molecule has 92 valence electrons. The number of carbonyl (C=O) groups is 1. The van der Waals surface area contributed by atoms with Gasteiger partial charge in [-0.3, -0.25) is 9.69 Å². The van der Waals surface area contributed by atoms with Crippen LogP contribution in [-0.4, -0.2) is 16.4 Å². The van der Waals surface area contributed by atoms with Gasteiger partial charge in [0.15, 0.2) is 5.11 Å². The Balaban J connectivity index is 1.96. The number of rotatable bonds is 1. The van der Waals surface area contributed by atoms with E-state index >= 15 is 0 Å². The molecule has 1 amide bonds. The summed E-state index contributed by atoms with van der Waals surface area (Å²) in [7, 11) is 0. The van der Waals surface area contributed by atoms with Crippen LogP contribution in [-0.2, 0) is 4.79 Å². The van der Waals surface area contributed by atoms with Crippen LogP contribution in [0.1, 0.15) is 6.92 Å². The van der Waals surface area contributed by atoms with Crippen molar-refractivity contribution in [1.29, 1.82) is 0 Å². The second-order valence-corrected chi connectivity index (χ2v) is 6.07. The zero-order chi connectivity index (χ0) is 12.7. The average molecular weight is 276 g/mol. The molecule has 3 nitrogen and oxygen atoms in total. The van der Waals surface area contributed by atoms with Crippen molar-refractivity contribution in [3.63, 3.8) is 0 Å². The third-order valence-electron chi connectivity index (χ3n) is 3.04. The van der Waals surface area contributed by atoms with E-state index in [1.807, 2.05) is 43.3 Å². The summed E-state index contributed by atoms with van der Waals surface area (Å²) in [5.74, 6) is -0.0683. The zero-order valence-corrected chi connectivity index (χ0v) is 11.4. The monoisotopic (exact) mass is 276 g/mol. The van der Waals surface area contributed by atoms with Gasteiger partial charge in [-0.05, 0) is 36.2 Å². The molecular weight excluding hydrogens is 264 g/mol. The lowest BCUT2D eigenvalue weighted by Gasteiger charge is -2.35. The van der Waals surface area contributed by atoms with Gasteiger partial charge in [-0.15, -0.1) is 11.8 Å². The molecule has 2 aliphatic heterocycles. The van der Waals surface area contributed by atoms with Crippen molar-refractivity contribution in [3.05, 3.63) is 41.3 Å². The summed E-state index contributed by atoms with van der Waals surface area (Å²) in [4.78, 5) is 15.3. The van der Waals surface area contributed by atoms with E-state index in [1.54, 1.807) is 16.7 Å². The van der Waals surface area contributed by atoms with Crippen molar-refractivity contribution in [3.8, 4) is 0 Å². The molecule has 0 aliphatic carbocycles. The Morgan fingerprint density at radius 3 is 2.78 bits per heavy atom. The van der Waals surface area contributed by atoms with E-state index in [-0.39, 0.29) is 17.2 Å². The molecule has 0 aromatic heterocycles. The Kier molecular flexibility index (Phi) is 2.87. The molecule has 2 aliphatic rings. The third kappa shape index (κ3) is 1.83. The molecule has 0 radical (unpaired) electrons. The molecule has 1 saturated heterocycles. The number of hydrogen-bond acceptors (Lipinski definition) is 3. The van der Waals surface area contributed by atoms with Gasteiger partial charge in [-0.25, -0.2) is 0 Å². The number of nitrogens with one attached hydrogen (secondary N) is 1. The Morgan fingerprint density at radius 1 is 1.33 bits per heavy atom. The number of fused-ring (bicyclic) bond motifs is 1. The molecule has 1 aromatic carbocycles. The summed E-state index contributed by atoms with van der Waals surface area (Å²) in [5.41, 5.74) is 0.821. The van der Waals surface area contributed by atoms with Crippen LogP contribution in [0.2, 0.25) is 0 Å². The first-order valence-corrected chi connectivity index (χ1v) is 7.00. The van der Waals surface area contributed by atoms with Crippen LogP contribution in [0.5, 0.6) is 0 Å². The molecule has 3 rings (SSSR count). The highest BCUT2D eigenvalue weighted by Gasteiger charge is 2.42. The minimum Gasteiger partial charge on any atom is -0.349 e. The molecule has 5 heteroatoms. The smallest absolute Gasteiger partial charge is 0.243 e. The fourth-order valence-electron chi connectivity index (χ4n) is 2.23. The van der Waals surface area contributed by atoms with Gasteiger partial charge in [0.25, 0.3) is 0 Å². The second kappa shape index (κ2) is 4.40. The Labute approximate surface area is 115 Å². The normalized spacial score (nSPS) is 26.7. The van der Waals surface area contributed by atoms with E-state index in [2.05, 4.69) is 5.32 Å². The number of anilines is 1. The second-order valence-electron chi connectivity index (χ2n) is 4.30. The predicted octanol–water partition coefficient (Wildman–Crippen LogP) is 2.50. The summed E-state index contributed by atoms with van der Waals surface area (Å²) in [5, 5.41) is 3.78. The van der Waals surface area contributed by atoms with Crippen LogP contribution >= 0.6 is 24.0 Å². The summed E-state index contributed by atoms with van der Waals surface area (Å²) in [6.07, 6.45) is 2.02. The Morgan fingerprint density at radius 2 is 2.06 bits per heavy atom. The van der Waals surface area contributed by atoms with E-state index in [0.29, 0.717) is 5.11 Å². The molecule has 0 saturated carbocycles. The molecule has 1 N–H and O–H groups in total. The minimum atomic E-state index is -0.123. The number of thioether (sulfide) groups is 1. The lowest BCUT2D eigenvalue weighted by molar-refractivity contribution is -0.120. The number of para-hydroxylation sites is 1. The van der Waals surface area contributed by atoms with Crippen molar-refractivity contribution in [1.82, 2.24) is 5.32 Å². The van der Waals surface area contributed by atoms with Gasteiger partial charge in [-0.2, -0.15) is 0 Å². The van der Waals surface area contributed by atoms with Crippen molar-refractivity contribution in [2.24, 2.45) is 5.92 Å². The number of amides is 1. The Bertz CT molecular complexity index is 541. The average Bonchev–Trinajstić information content (AvgIpc) is 2.71. The van der Waals surface area contributed by atoms with Gasteiger partial charge >= 0.3 is 0 Å². The number of hydrogen-bond donors (Lipinski definition) is 1. The maximum absolute atomic E-state index is 12.5. The molecule has 1 fully saturated rings. The lowest BCUT2D eigenvalue weighted by atomic mass is 10.1. The number of benzene rings is 1. The van der Waals surface area contributed by atoms with Crippen molar-refractivity contribution in [2.75, 3.05) is 4.90 Å². The van der Waals surface area contributed by atoms with E-state index in [1.165, 1.54) is 4.91 Å². The van der Waals surface area contributed by atoms with Crippen LogP contribution in [0.15, 0.2) is 41.3 Å². The highest BCUT2D eigenvalue weighted by atomic mass is 32.2. The number of carbonyl (C=O) groups excluding carboxylic acids is 1. The van der Waals surface area contributed by atoms with Crippen LogP contribution in [0.3, 0.4) is 0 Å². The third-order valence-corrected chi connectivity index (χ3v) is 4.52. The molecule has 0 bridgehead atoms. The van der Waals surface area contributed by atoms with Gasteiger partial charge < -0.3 is 5.32 Å². The van der Waals surface area contributed by atoms with Crippen LogP contribution in [0, 0.1) is 5.92 Å². The first-order valence-electron chi connectivity index (χ1n) is 5.71. The van der Waals surface area contributed by atoms with E-state index < -0.39 is 0 Å². The van der Waals surface area contributed by atoms with Crippen LogP contribution in [0.4, 0.5) is 5.69 Å². The standard InChI is InChI=1S/C13H12N2OS2/c1-8-7-10-11(18-8)14-13(17)15(12(10)16)9-5-3-2-4-6-9/h2-7,10-11H,1H3,(H,14,17). The minimum absolute atomic E-state index is 0.0549. The summed E-state index contributed by atoms with van der Waals surface area (Å²) in [6.45, 7) is 2.02. The summed E-state index contributed by atoms with van der Waals surface area (Å²) in [6, 6.07) is 9.52. The molecule has 2 atom stereocenters. The predicted molar refractivity (Wildman–Crippen MR) is 78.3 cm³/mol. The molecule has 18 heavy (non-hydrogen) atoms.